The van der Waals surface area contributed by atoms with E-state index in [9.17, 15) is 4.79 Å². The van der Waals surface area contributed by atoms with E-state index in [2.05, 4.69) is 10.2 Å². The minimum Gasteiger partial charge on any atom is -0.497 e. The van der Waals surface area contributed by atoms with Crippen LogP contribution < -0.4 is 24.3 Å². The van der Waals surface area contributed by atoms with Gasteiger partial charge in [-0.1, -0.05) is 6.07 Å². The second kappa shape index (κ2) is 9.23. The van der Waals surface area contributed by atoms with Gasteiger partial charge in [-0.05, 0) is 29.8 Å². The van der Waals surface area contributed by atoms with Crippen molar-refractivity contribution in [2.45, 2.75) is 6.04 Å². The van der Waals surface area contributed by atoms with Gasteiger partial charge in [-0.2, -0.15) is 0 Å². The van der Waals surface area contributed by atoms with Gasteiger partial charge in [0, 0.05) is 31.3 Å². The standard InChI is InChI=1S/C22H26N2O6/c1-26-17-9-16(10-18(12-17)27-2)22(25)23-13-19(24-5-7-28-8-6-24)15-3-4-20-21(11-15)30-14-29-20/h3-4,9-12,19H,5-8,13-14H2,1-2H3,(H,23,25)/t19-/m1/s1. The number of benzene rings is 2. The SMILES string of the molecule is COc1cc(OC)cc(C(=O)NC[C@H](c2ccc3c(c2)OCO3)N2CCOCC2)c1. The number of rotatable bonds is 7. The maximum atomic E-state index is 12.9. The quantitative estimate of drug-likeness (QED) is 0.744. The Kier molecular flexibility index (Phi) is 6.25. The summed E-state index contributed by atoms with van der Waals surface area (Å²) in [6.07, 6.45) is 0. The average Bonchev–Trinajstić information content (AvgIpc) is 3.27. The summed E-state index contributed by atoms with van der Waals surface area (Å²) in [6.45, 7) is 3.60. The summed E-state index contributed by atoms with van der Waals surface area (Å²) in [5.41, 5.74) is 1.54. The van der Waals surface area contributed by atoms with Gasteiger partial charge in [0.25, 0.3) is 5.91 Å². The van der Waals surface area contributed by atoms with Crippen molar-refractivity contribution in [2.75, 3.05) is 53.9 Å². The first-order chi connectivity index (χ1) is 14.7. The van der Waals surface area contributed by atoms with Gasteiger partial charge in [-0.25, -0.2) is 0 Å². The predicted octanol–water partition coefficient (Wildman–Crippen LogP) is 2.24. The van der Waals surface area contributed by atoms with E-state index in [1.807, 2.05) is 18.2 Å². The van der Waals surface area contributed by atoms with E-state index in [0.717, 1.165) is 30.2 Å². The molecule has 2 aliphatic rings. The van der Waals surface area contributed by atoms with Gasteiger partial charge in [0.05, 0.1) is 33.5 Å². The number of carbonyl (C=O) groups excluding carboxylic acids is 1. The van der Waals surface area contributed by atoms with Crippen molar-refractivity contribution < 1.29 is 28.5 Å². The summed E-state index contributed by atoms with van der Waals surface area (Å²) in [4.78, 5) is 15.2. The van der Waals surface area contributed by atoms with Gasteiger partial charge < -0.3 is 29.0 Å². The Morgan fingerprint density at radius 2 is 1.73 bits per heavy atom. The molecule has 0 saturated carbocycles. The highest BCUT2D eigenvalue weighted by atomic mass is 16.7. The third-order valence-corrected chi connectivity index (χ3v) is 5.34. The van der Waals surface area contributed by atoms with Gasteiger partial charge >= 0.3 is 0 Å². The average molecular weight is 414 g/mol. The number of carbonyl (C=O) groups is 1. The highest BCUT2D eigenvalue weighted by molar-refractivity contribution is 5.95. The minimum atomic E-state index is -0.189. The number of amides is 1. The summed E-state index contributed by atoms with van der Waals surface area (Å²) in [6, 6.07) is 11.0. The molecule has 1 N–H and O–H groups in total. The number of ether oxygens (including phenoxy) is 5. The van der Waals surface area contributed by atoms with Gasteiger partial charge in [-0.3, -0.25) is 9.69 Å². The van der Waals surface area contributed by atoms with Crippen molar-refractivity contribution in [3.05, 3.63) is 47.5 Å². The van der Waals surface area contributed by atoms with Gasteiger partial charge in [0.15, 0.2) is 11.5 Å². The molecule has 2 aromatic carbocycles. The Bertz CT molecular complexity index is 875. The summed E-state index contributed by atoms with van der Waals surface area (Å²) >= 11 is 0. The first kappa shape index (κ1) is 20.3. The lowest BCUT2D eigenvalue weighted by molar-refractivity contribution is 0.0162. The normalized spacial score (nSPS) is 16.7. The molecule has 1 atom stereocenters. The maximum absolute atomic E-state index is 12.9. The summed E-state index contributed by atoms with van der Waals surface area (Å²) in [5.74, 6) is 2.42. The Balaban J connectivity index is 1.53. The number of nitrogens with one attached hydrogen (secondary N) is 1. The highest BCUT2D eigenvalue weighted by Gasteiger charge is 2.25. The number of fused-ring (bicyclic) bond motifs is 1. The molecule has 0 aromatic heterocycles. The smallest absolute Gasteiger partial charge is 0.251 e. The van der Waals surface area contributed by atoms with Crippen LogP contribution in [0.25, 0.3) is 0 Å². The zero-order valence-corrected chi connectivity index (χ0v) is 17.2. The number of hydrogen-bond acceptors (Lipinski definition) is 7. The van der Waals surface area contributed by atoms with Crippen molar-refractivity contribution in [1.82, 2.24) is 10.2 Å². The third kappa shape index (κ3) is 4.44. The molecule has 8 nitrogen and oxygen atoms in total. The highest BCUT2D eigenvalue weighted by Crippen LogP contribution is 2.35. The summed E-state index contributed by atoms with van der Waals surface area (Å²) in [5, 5.41) is 3.06. The Hall–Kier alpha value is -2.97. The van der Waals surface area contributed by atoms with Crippen LogP contribution >= 0.6 is 0 Å². The zero-order valence-electron chi connectivity index (χ0n) is 17.2. The van der Waals surface area contributed by atoms with Crippen LogP contribution in [-0.2, 0) is 4.74 Å². The van der Waals surface area contributed by atoms with E-state index in [4.69, 9.17) is 23.7 Å². The zero-order chi connectivity index (χ0) is 20.9. The topological polar surface area (TPSA) is 78.5 Å². The van der Waals surface area contributed by atoms with E-state index in [0.29, 0.717) is 36.8 Å². The van der Waals surface area contributed by atoms with Crippen LogP contribution in [0.15, 0.2) is 36.4 Å². The Morgan fingerprint density at radius 3 is 2.43 bits per heavy atom. The fourth-order valence-corrected chi connectivity index (χ4v) is 3.70. The van der Waals surface area contributed by atoms with E-state index >= 15 is 0 Å². The van der Waals surface area contributed by atoms with E-state index < -0.39 is 0 Å². The van der Waals surface area contributed by atoms with Crippen LogP contribution in [0.3, 0.4) is 0 Å². The number of nitrogens with zero attached hydrogens (tertiary/aromatic N) is 1. The molecule has 1 amide bonds. The lowest BCUT2D eigenvalue weighted by Gasteiger charge is -2.35. The molecule has 1 fully saturated rings. The molecular formula is C22H26N2O6. The number of hydrogen-bond donors (Lipinski definition) is 1. The predicted molar refractivity (Wildman–Crippen MR) is 110 cm³/mol. The molecule has 4 rings (SSSR count). The molecule has 2 aromatic rings. The molecular weight excluding hydrogens is 388 g/mol. The van der Waals surface area contributed by atoms with Crippen molar-refractivity contribution in [2.24, 2.45) is 0 Å². The van der Waals surface area contributed by atoms with Crippen LogP contribution in [0.5, 0.6) is 23.0 Å². The minimum absolute atomic E-state index is 0.0140. The molecule has 30 heavy (non-hydrogen) atoms. The van der Waals surface area contributed by atoms with Crippen LogP contribution in [0.4, 0.5) is 0 Å². The monoisotopic (exact) mass is 414 g/mol. The molecule has 0 bridgehead atoms. The molecule has 0 unspecified atom stereocenters. The van der Waals surface area contributed by atoms with Gasteiger partial charge in [0.2, 0.25) is 6.79 Å². The summed E-state index contributed by atoms with van der Waals surface area (Å²) < 4.78 is 27.0. The molecule has 1 saturated heterocycles. The number of morpholine rings is 1. The largest absolute Gasteiger partial charge is 0.497 e. The lowest BCUT2D eigenvalue weighted by Crippen LogP contribution is -2.43. The van der Waals surface area contributed by atoms with E-state index in [1.165, 1.54) is 0 Å². The Labute approximate surface area is 175 Å². The maximum Gasteiger partial charge on any atom is 0.251 e. The molecule has 160 valence electrons. The number of methoxy groups -OCH3 is 2. The van der Waals surface area contributed by atoms with Crippen molar-refractivity contribution >= 4 is 5.91 Å². The van der Waals surface area contributed by atoms with Crippen molar-refractivity contribution in [1.29, 1.82) is 0 Å². The first-order valence-corrected chi connectivity index (χ1v) is 9.90. The van der Waals surface area contributed by atoms with E-state index in [1.54, 1.807) is 32.4 Å². The van der Waals surface area contributed by atoms with Crippen LogP contribution in [0.1, 0.15) is 22.0 Å². The molecule has 0 aliphatic carbocycles. The fraction of sp³-hybridized carbons (Fsp3) is 0.409. The third-order valence-electron chi connectivity index (χ3n) is 5.34. The molecule has 8 heteroatoms. The summed E-state index contributed by atoms with van der Waals surface area (Å²) in [7, 11) is 3.12. The second-order valence-corrected chi connectivity index (χ2v) is 7.09. The first-order valence-electron chi connectivity index (χ1n) is 9.90. The second-order valence-electron chi connectivity index (χ2n) is 7.09. The van der Waals surface area contributed by atoms with Crippen LogP contribution in [0.2, 0.25) is 0 Å². The van der Waals surface area contributed by atoms with E-state index in [-0.39, 0.29) is 18.7 Å². The molecule has 0 radical (unpaired) electrons. The van der Waals surface area contributed by atoms with Crippen molar-refractivity contribution in [3.8, 4) is 23.0 Å². The molecule has 0 spiro atoms. The lowest BCUT2D eigenvalue weighted by atomic mass is 10.0. The van der Waals surface area contributed by atoms with Crippen LogP contribution in [0, 0.1) is 0 Å². The molecule has 2 aliphatic heterocycles. The molecule has 2 heterocycles. The Morgan fingerprint density at radius 1 is 1.03 bits per heavy atom. The van der Waals surface area contributed by atoms with Crippen LogP contribution in [-0.4, -0.2) is 64.7 Å². The van der Waals surface area contributed by atoms with Crippen molar-refractivity contribution in [3.63, 3.8) is 0 Å². The van der Waals surface area contributed by atoms with Gasteiger partial charge in [-0.15, -0.1) is 0 Å². The van der Waals surface area contributed by atoms with Gasteiger partial charge in [0.1, 0.15) is 11.5 Å². The fourth-order valence-electron chi connectivity index (χ4n) is 3.70.